The Balaban J connectivity index is 1.65. The number of benzene rings is 1. The molecule has 9 heteroatoms. The van der Waals surface area contributed by atoms with Gasteiger partial charge in [0.2, 0.25) is 9.84 Å². The summed E-state index contributed by atoms with van der Waals surface area (Å²) >= 11 is 0. The highest BCUT2D eigenvalue weighted by Crippen LogP contribution is 2.21. The molecule has 0 aliphatic heterocycles. The van der Waals surface area contributed by atoms with E-state index in [2.05, 4.69) is 25.8 Å². The molecule has 2 heterocycles. The molecule has 0 aliphatic rings. The van der Waals surface area contributed by atoms with Crippen molar-refractivity contribution in [3.63, 3.8) is 0 Å². The molecule has 2 aromatic heterocycles. The van der Waals surface area contributed by atoms with E-state index in [0.29, 0.717) is 12.2 Å². The minimum absolute atomic E-state index is 0.142. The van der Waals surface area contributed by atoms with Crippen LogP contribution in [0.1, 0.15) is 5.56 Å². The number of carbonyl (C=O) groups is 1. The molecule has 128 valence electrons. The van der Waals surface area contributed by atoms with Crippen LogP contribution < -0.4 is 10.6 Å². The fourth-order valence-corrected chi connectivity index (χ4v) is 3.35. The first kappa shape index (κ1) is 16.7. The third kappa shape index (κ3) is 4.01. The molecule has 0 atom stereocenters. The normalized spacial score (nSPS) is 11.0. The number of hydrogen-bond donors (Lipinski definition) is 3. The van der Waals surface area contributed by atoms with Gasteiger partial charge in [-0.05, 0) is 36.4 Å². The summed E-state index contributed by atoms with van der Waals surface area (Å²) in [4.78, 5) is 16.0. The van der Waals surface area contributed by atoms with Crippen LogP contribution in [-0.2, 0) is 16.4 Å². The van der Waals surface area contributed by atoms with E-state index >= 15 is 0 Å². The predicted molar refractivity (Wildman–Crippen MR) is 90.6 cm³/mol. The molecule has 3 aromatic rings. The first-order chi connectivity index (χ1) is 12.1. The minimum atomic E-state index is -3.60. The number of H-pyrrole nitrogens is 1. The van der Waals surface area contributed by atoms with E-state index in [0.717, 1.165) is 5.56 Å². The molecule has 0 aliphatic carbocycles. The zero-order valence-corrected chi connectivity index (χ0v) is 13.8. The molecule has 3 N–H and O–H groups in total. The molecule has 0 bridgehead atoms. The van der Waals surface area contributed by atoms with Crippen LogP contribution in [0.4, 0.5) is 10.5 Å². The van der Waals surface area contributed by atoms with Gasteiger partial charge in [-0.2, -0.15) is 5.10 Å². The van der Waals surface area contributed by atoms with E-state index in [1.165, 1.54) is 48.8 Å². The van der Waals surface area contributed by atoms with Gasteiger partial charge in [0.15, 0.2) is 0 Å². The number of amides is 2. The second-order valence-electron chi connectivity index (χ2n) is 5.12. The van der Waals surface area contributed by atoms with Gasteiger partial charge in [-0.25, -0.2) is 13.2 Å². The van der Waals surface area contributed by atoms with E-state index in [1.807, 2.05) is 0 Å². The monoisotopic (exact) mass is 357 g/mol. The number of carbonyl (C=O) groups excluding carboxylic acids is 1. The number of urea groups is 1. The smallest absolute Gasteiger partial charge is 0.319 e. The number of nitrogens with zero attached hydrogens (tertiary/aromatic N) is 2. The number of hydrogen-bond acceptors (Lipinski definition) is 5. The Morgan fingerprint density at radius 1 is 1.04 bits per heavy atom. The van der Waals surface area contributed by atoms with E-state index in [4.69, 9.17) is 0 Å². The zero-order valence-electron chi connectivity index (χ0n) is 13.0. The predicted octanol–water partition coefficient (Wildman–Crippen LogP) is 1.96. The van der Waals surface area contributed by atoms with Crippen LogP contribution >= 0.6 is 0 Å². The molecule has 3 rings (SSSR count). The maximum atomic E-state index is 12.5. The van der Waals surface area contributed by atoms with Crippen LogP contribution in [0.15, 0.2) is 71.0 Å². The summed E-state index contributed by atoms with van der Waals surface area (Å²) in [6.07, 6.45) is 6.14. The Kier molecular flexibility index (Phi) is 4.75. The first-order valence-electron chi connectivity index (χ1n) is 7.33. The largest absolute Gasteiger partial charge is 0.334 e. The van der Waals surface area contributed by atoms with Crippen LogP contribution in [0.3, 0.4) is 0 Å². The molecule has 0 spiro atoms. The number of sulfone groups is 1. The van der Waals surface area contributed by atoms with Gasteiger partial charge in [0, 0.05) is 36.4 Å². The quantitative estimate of drug-likeness (QED) is 0.645. The molecule has 0 saturated carbocycles. The van der Waals surface area contributed by atoms with Crippen LogP contribution in [0, 0.1) is 0 Å². The maximum absolute atomic E-state index is 12.5. The van der Waals surface area contributed by atoms with Gasteiger partial charge in [-0.15, -0.1) is 0 Å². The van der Waals surface area contributed by atoms with Crippen LogP contribution in [0.5, 0.6) is 0 Å². The van der Waals surface area contributed by atoms with Crippen molar-refractivity contribution in [1.29, 1.82) is 0 Å². The lowest BCUT2D eigenvalue weighted by Gasteiger charge is -2.08. The van der Waals surface area contributed by atoms with Gasteiger partial charge in [-0.3, -0.25) is 10.1 Å². The number of pyridine rings is 1. The number of aromatic amines is 1. The molecule has 1 aromatic carbocycles. The summed E-state index contributed by atoms with van der Waals surface area (Å²) in [7, 11) is -3.60. The lowest BCUT2D eigenvalue weighted by atomic mass is 10.3. The Bertz CT molecular complexity index is 939. The average molecular weight is 357 g/mol. The fraction of sp³-hybridized carbons (Fsp3) is 0.0625. The highest BCUT2D eigenvalue weighted by atomic mass is 32.2. The lowest BCUT2D eigenvalue weighted by Crippen LogP contribution is -2.28. The van der Waals surface area contributed by atoms with Crippen molar-refractivity contribution < 1.29 is 13.2 Å². The van der Waals surface area contributed by atoms with Crippen molar-refractivity contribution in [3.05, 3.63) is 66.7 Å². The van der Waals surface area contributed by atoms with Gasteiger partial charge < -0.3 is 10.6 Å². The lowest BCUT2D eigenvalue weighted by molar-refractivity contribution is 0.251. The van der Waals surface area contributed by atoms with Gasteiger partial charge in [0.1, 0.15) is 0 Å². The highest BCUT2D eigenvalue weighted by molar-refractivity contribution is 7.91. The second-order valence-corrected chi connectivity index (χ2v) is 7.07. The summed E-state index contributed by atoms with van der Waals surface area (Å²) in [5, 5.41) is 11.7. The molecule has 0 unspecified atom stereocenters. The number of anilines is 1. The summed E-state index contributed by atoms with van der Waals surface area (Å²) in [5.74, 6) is 0. The molecular formula is C16H15N5O3S. The first-order valence-corrected chi connectivity index (χ1v) is 8.82. The topological polar surface area (TPSA) is 117 Å². The van der Waals surface area contributed by atoms with Gasteiger partial charge >= 0.3 is 6.03 Å². The standard InChI is InChI=1S/C16H15N5O3S/c22-16(18-9-12-10-19-20-11-12)21-13-1-3-14(4-2-13)25(23,24)15-5-7-17-8-6-15/h1-8,10-11H,9H2,(H,19,20)(H2,18,21,22). The Morgan fingerprint density at radius 3 is 2.36 bits per heavy atom. The van der Waals surface area contributed by atoms with Crippen molar-refractivity contribution in [2.75, 3.05) is 5.32 Å². The number of nitrogens with one attached hydrogen (secondary N) is 3. The molecular weight excluding hydrogens is 342 g/mol. The molecule has 8 nitrogen and oxygen atoms in total. The minimum Gasteiger partial charge on any atom is -0.334 e. The third-order valence-corrected chi connectivity index (χ3v) is 5.18. The molecule has 25 heavy (non-hydrogen) atoms. The van der Waals surface area contributed by atoms with Crippen molar-refractivity contribution in [2.24, 2.45) is 0 Å². The van der Waals surface area contributed by atoms with Crippen LogP contribution in [-0.4, -0.2) is 29.6 Å². The molecule has 0 fully saturated rings. The molecule has 2 amide bonds. The Labute approximate surface area is 144 Å². The van der Waals surface area contributed by atoms with E-state index in [9.17, 15) is 13.2 Å². The van der Waals surface area contributed by atoms with Crippen LogP contribution in [0.2, 0.25) is 0 Å². The van der Waals surface area contributed by atoms with E-state index in [1.54, 1.807) is 12.4 Å². The third-order valence-electron chi connectivity index (χ3n) is 3.39. The molecule has 0 saturated heterocycles. The van der Waals surface area contributed by atoms with Crippen molar-refractivity contribution in [2.45, 2.75) is 16.3 Å². The van der Waals surface area contributed by atoms with Gasteiger partial charge in [0.25, 0.3) is 0 Å². The van der Waals surface area contributed by atoms with E-state index < -0.39 is 15.9 Å². The van der Waals surface area contributed by atoms with Crippen molar-refractivity contribution in [1.82, 2.24) is 20.5 Å². The van der Waals surface area contributed by atoms with Crippen molar-refractivity contribution in [3.8, 4) is 0 Å². The zero-order chi connectivity index (χ0) is 17.7. The summed E-state index contributed by atoms with van der Waals surface area (Å²) in [5.41, 5.74) is 1.33. The number of aromatic nitrogens is 3. The van der Waals surface area contributed by atoms with E-state index in [-0.39, 0.29) is 9.79 Å². The second kappa shape index (κ2) is 7.14. The van der Waals surface area contributed by atoms with Gasteiger partial charge in [0.05, 0.1) is 16.0 Å². The average Bonchev–Trinajstić information content (AvgIpc) is 3.15. The fourth-order valence-electron chi connectivity index (χ4n) is 2.10. The summed E-state index contributed by atoms with van der Waals surface area (Å²) in [6, 6.07) is 8.43. The maximum Gasteiger partial charge on any atom is 0.319 e. The summed E-state index contributed by atoms with van der Waals surface area (Å²) in [6.45, 7) is 0.330. The number of rotatable bonds is 5. The van der Waals surface area contributed by atoms with Crippen LogP contribution in [0.25, 0.3) is 0 Å². The highest BCUT2D eigenvalue weighted by Gasteiger charge is 2.17. The SMILES string of the molecule is O=C(NCc1cn[nH]c1)Nc1ccc(S(=O)(=O)c2ccncc2)cc1. The van der Waals surface area contributed by atoms with Crippen molar-refractivity contribution >= 4 is 21.6 Å². The molecule has 0 radical (unpaired) electrons. The Hall–Kier alpha value is -3.20. The van der Waals surface area contributed by atoms with Gasteiger partial charge in [-0.1, -0.05) is 0 Å². The summed E-state index contributed by atoms with van der Waals surface area (Å²) < 4.78 is 24.9. The Morgan fingerprint density at radius 2 is 1.72 bits per heavy atom.